The molecule has 1 N–H and O–H groups in total. The molecular formula is C14H14Br2N4O. The van der Waals surface area contributed by atoms with Gasteiger partial charge in [-0.25, -0.2) is 0 Å². The lowest BCUT2D eigenvalue weighted by Crippen LogP contribution is -2.18. The fraction of sp³-hybridized carbons (Fsp3) is 0.500. The van der Waals surface area contributed by atoms with Crippen molar-refractivity contribution < 1.29 is 4.52 Å². The molecule has 1 saturated heterocycles. The van der Waals surface area contributed by atoms with E-state index in [-0.39, 0.29) is 6.04 Å². The van der Waals surface area contributed by atoms with Gasteiger partial charge in [-0.1, -0.05) is 11.6 Å². The van der Waals surface area contributed by atoms with Gasteiger partial charge in [-0.2, -0.15) is 4.98 Å². The Morgan fingerprint density at radius 3 is 3.05 bits per heavy atom. The van der Waals surface area contributed by atoms with Crippen LogP contribution in [0.3, 0.4) is 0 Å². The Balaban J connectivity index is 1.64. The smallest absolute Gasteiger partial charge is 0.244 e. The van der Waals surface area contributed by atoms with Gasteiger partial charge in [0, 0.05) is 15.1 Å². The van der Waals surface area contributed by atoms with E-state index in [4.69, 9.17) is 4.52 Å². The van der Waals surface area contributed by atoms with Crippen LogP contribution in [-0.2, 0) is 0 Å². The highest BCUT2D eigenvalue weighted by Gasteiger charge is 2.42. The Labute approximate surface area is 139 Å². The van der Waals surface area contributed by atoms with E-state index in [1.54, 1.807) is 6.20 Å². The van der Waals surface area contributed by atoms with Crippen LogP contribution in [0.15, 0.2) is 25.7 Å². The first-order valence-corrected chi connectivity index (χ1v) is 8.69. The maximum atomic E-state index is 5.50. The van der Waals surface area contributed by atoms with Gasteiger partial charge in [0.1, 0.15) is 5.69 Å². The van der Waals surface area contributed by atoms with Crippen LogP contribution in [0.5, 0.6) is 0 Å². The number of hydrogen-bond donors (Lipinski definition) is 1. The van der Waals surface area contributed by atoms with Gasteiger partial charge in [0.15, 0.2) is 0 Å². The first-order chi connectivity index (χ1) is 10.2. The number of rotatable bonds is 2. The largest absolute Gasteiger partial charge is 0.337 e. The minimum atomic E-state index is 0.202. The number of fused-ring (bicyclic) bond motifs is 1. The molecule has 2 fully saturated rings. The summed E-state index contributed by atoms with van der Waals surface area (Å²) in [6.45, 7) is 1.06. The van der Waals surface area contributed by atoms with E-state index < -0.39 is 0 Å². The number of aromatic nitrogens is 3. The van der Waals surface area contributed by atoms with Crippen LogP contribution >= 0.6 is 31.9 Å². The van der Waals surface area contributed by atoms with Gasteiger partial charge >= 0.3 is 0 Å². The van der Waals surface area contributed by atoms with E-state index in [1.165, 1.54) is 19.3 Å². The van der Waals surface area contributed by atoms with Gasteiger partial charge < -0.3 is 9.84 Å². The van der Waals surface area contributed by atoms with Gasteiger partial charge in [0.25, 0.3) is 0 Å². The SMILES string of the molecule is Brc1cnc(-c2noc(C3NCC4CCCC43)n2)c(Br)c1. The van der Waals surface area contributed by atoms with Crippen molar-refractivity contribution in [2.75, 3.05) is 6.54 Å². The van der Waals surface area contributed by atoms with Crippen molar-refractivity contribution in [3.05, 3.63) is 27.1 Å². The Morgan fingerprint density at radius 1 is 1.29 bits per heavy atom. The Bertz CT molecular complexity index is 675. The van der Waals surface area contributed by atoms with Gasteiger partial charge in [0.2, 0.25) is 11.7 Å². The number of pyridine rings is 1. The van der Waals surface area contributed by atoms with Crippen LogP contribution < -0.4 is 5.32 Å². The minimum Gasteiger partial charge on any atom is -0.337 e. The second-order valence-electron chi connectivity index (χ2n) is 5.68. The lowest BCUT2D eigenvalue weighted by Gasteiger charge is -2.13. The molecule has 0 bridgehead atoms. The normalized spacial score (nSPS) is 28.0. The van der Waals surface area contributed by atoms with E-state index in [9.17, 15) is 0 Å². The highest BCUT2D eigenvalue weighted by atomic mass is 79.9. The third-order valence-corrected chi connectivity index (χ3v) is 5.51. The molecule has 1 aliphatic heterocycles. The van der Waals surface area contributed by atoms with Gasteiger partial charge in [-0.15, -0.1) is 0 Å². The summed E-state index contributed by atoms with van der Waals surface area (Å²) < 4.78 is 7.26. The molecule has 3 heterocycles. The quantitative estimate of drug-likeness (QED) is 0.812. The summed E-state index contributed by atoms with van der Waals surface area (Å²) >= 11 is 6.88. The number of halogens is 2. The van der Waals surface area contributed by atoms with Crippen molar-refractivity contribution in [2.45, 2.75) is 25.3 Å². The predicted molar refractivity (Wildman–Crippen MR) is 84.5 cm³/mol. The number of hydrogen-bond acceptors (Lipinski definition) is 5. The summed E-state index contributed by atoms with van der Waals surface area (Å²) in [5, 5.41) is 7.63. The van der Waals surface area contributed by atoms with Crippen LogP contribution in [0.4, 0.5) is 0 Å². The molecule has 0 aromatic carbocycles. The molecule has 2 aromatic rings. The summed E-state index contributed by atoms with van der Waals surface area (Å²) in [7, 11) is 0. The van der Waals surface area contributed by atoms with Crippen molar-refractivity contribution in [1.82, 2.24) is 20.4 Å². The van der Waals surface area contributed by atoms with Gasteiger partial charge in [0.05, 0.1) is 6.04 Å². The van der Waals surface area contributed by atoms with Crippen LogP contribution in [0.2, 0.25) is 0 Å². The van der Waals surface area contributed by atoms with Gasteiger partial charge in [-0.3, -0.25) is 4.98 Å². The molecule has 1 saturated carbocycles. The molecule has 2 aromatic heterocycles. The summed E-state index contributed by atoms with van der Waals surface area (Å²) in [6.07, 6.45) is 5.61. The number of nitrogens with zero attached hydrogens (tertiary/aromatic N) is 3. The lowest BCUT2D eigenvalue weighted by atomic mass is 9.94. The standard InChI is InChI=1S/C14H14Br2N4O/c15-8-4-10(16)12(18-6-8)13-19-14(21-20-13)11-9-3-1-2-7(9)5-17-11/h4,6-7,9,11,17H,1-3,5H2. The monoisotopic (exact) mass is 412 g/mol. The van der Waals surface area contributed by atoms with Crippen LogP contribution in [0, 0.1) is 11.8 Å². The lowest BCUT2D eigenvalue weighted by molar-refractivity contribution is 0.302. The van der Waals surface area contributed by atoms with E-state index in [1.807, 2.05) is 6.07 Å². The zero-order chi connectivity index (χ0) is 14.4. The van der Waals surface area contributed by atoms with Crippen LogP contribution in [0.1, 0.15) is 31.2 Å². The second kappa shape index (κ2) is 5.44. The third kappa shape index (κ3) is 2.45. The minimum absolute atomic E-state index is 0.202. The topological polar surface area (TPSA) is 63.8 Å². The molecule has 3 atom stereocenters. The molecule has 2 aliphatic rings. The fourth-order valence-corrected chi connectivity index (χ4v) is 4.66. The zero-order valence-electron chi connectivity index (χ0n) is 11.2. The highest BCUT2D eigenvalue weighted by molar-refractivity contribution is 9.11. The Hall–Kier alpha value is -0.790. The maximum Gasteiger partial charge on any atom is 0.244 e. The van der Waals surface area contributed by atoms with Gasteiger partial charge in [-0.05, 0) is 69.1 Å². The predicted octanol–water partition coefficient (Wildman–Crippen LogP) is 3.72. The Morgan fingerprint density at radius 2 is 2.19 bits per heavy atom. The van der Waals surface area contributed by atoms with E-state index >= 15 is 0 Å². The molecular weight excluding hydrogens is 400 g/mol. The summed E-state index contributed by atoms with van der Waals surface area (Å²) in [4.78, 5) is 8.92. The van der Waals surface area contributed by atoms with Crippen molar-refractivity contribution in [1.29, 1.82) is 0 Å². The summed E-state index contributed by atoms with van der Waals surface area (Å²) in [6, 6.07) is 2.13. The van der Waals surface area contributed by atoms with Crippen LogP contribution in [0.25, 0.3) is 11.5 Å². The molecule has 4 rings (SSSR count). The molecule has 21 heavy (non-hydrogen) atoms. The maximum absolute atomic E-state index is 5.50. The molecule has 0 spiro atoms. The number of nitrogens with one attached hydrogen (secondary N) is 1. The third-order valence-electron chi connectivity index (χ3n) is 4.47. The van der Waals surface area contributed by atoms with Crippen LogP contribution in [-0.4, -0.2) is 21.7 Å². The summed E-state index contributed by atoms with van der Waals surface area (Å²) in [5.74, 6) is 2.63. The first-order valence-electron chi connectivity index (χ1n) is 7.11. The first kappa shape index (κ1) is 13.8. The summed E-state index contributed by atoms with van der Waals surface area (Å²) in [5.41, 5.74) is 0.703. The molecule has 0 amide bonds. The average Bonchev–Trinajstić information content (AvgIpc) is 3.13. The van der Waals surface area contributed by atoms with Crippen molar-refractivity contribution >= 4 is 31.9 Å². The molecule has 110 valence electrons. The second-order valence-corrected chi connectivity index (χ2v) is 7.45. The molecule has 0 radical (unpaired) electrons. The van der Waals surface area contributed by atoms with E-state index in [0.29, 0.717) is 23.3 Å². The average molecular weight is 414 g/mol. The highest BCUT2D eigenvalue weighted by Crippen LogP contribution is 2.44. The van der Waals surface area contributed by atoms with Crippen molar-refractivity contribution in [3.63, 3.8) is 0 Å². The van der Waals surface area contributed by atoms with Crippen molar-refractivity contribution in [3.8, 4) is 11.5 Å². The molecule has 7 heteroatoms. The molecule has 1 aliphatic carbocycles. The van der Waals surface area contributed by atoms with E-state index in [2.05, 4.69) is 52.3 Å². The zero-order valence-corrected chi connectivity index (χ0v) is 14.4. The van der Waals surface area contributed by atoms with E-state index in [0.717, 1.165) is 21.4 Å². The molecule has 3 unspecified atom stereocenters. The van der Waals surface area contributed by atoms with Crippen molar-refractivity contribution in [2.24, 2.45) is 11.8 Å². The Kier molecular flexibility index (Phi) is 3.59. The molecule has 5 nitrogen and oxygen atoms in total. The fourth-order valence-electron chi connectivity index (χ4n) is 3.49.